The highest BCUT2D eigenvalue weighted by atomic mass is 19.4. The molecule has 0 aromatic heterocycles. The van der Waals surface area contributed by atoms with Crippen molar-refractivity contribution < 1.29 is 22.7 Å². The zero-order chi connectivity index (χ0) is 8.04. The van der Waals surface area contributed by atoms with Gasteiger partial charge in [0.25, 0.3) is 0 Å². The maximum absolute atomic E-state index is 11.2. The summed E-state index contributed by atoms with van der Waals surface area (Å²) in [6.45, 7) is -1.75. The third-order valence-corrected chi connectivity index (χ3v) is 0.534. The molecule has 0 radical (unpaired) electrons. The quantitative estimate of drug-likeness (QED) is 0.361. The first-order chi connectivity index (χ1) is 4.56. The highest BCUT2D eigenvalue weighted by Crippen LogP contribution is 2.13. The minimum absolute atomic E-state index is 0.260. The average Bonchev–Trinajstić information content (AvgIpc) is 1.78. The van der Waals surface area contributed by atoms with Crippen LogP contribution in [0.5, 0.6) is 0 Å². The number of carbonyl (C=O) groups excluding carboxylic acids is 1. The predicted octanol–water partition coefficient (Wildman–Crippen LogP) is 0.269. The lowest BCUT2D eigenvalue weighted by molar-refractivity contribution is -0.175. The molecule has 6 heteroatoms. The molecule has 0 atom stereocenters. The molecular weight excluding hydrogens is 151 g/mol. The van der Waals surface area contributed by atoms with Gasteiger partial charge < -0.3 is 10.1 Å². The van der Waals surface area contributed by atoms with E-state index in [-0.39, 0.29) is 6.41 Å². The lowest BCUT2D eigenvalue weighted by Gasteiger charge is -2.05. The van der Waals surface area contributed by atoms with Gasteiger partial charge in [0, 0.05) is 0 Å². The van der Waals surface area contributed by atoms with Crippen molar-refractivity contribution in [2.24, 2.45) is 0 Å². The Bertz CT molecular complexity index is 103. The topological polar surface area (TPSA) is 38.3 Å². The molecule has 0 rings (SSSR count). The minimum atomic E-state index is -4.33. The molecule has 0 fully saturated rings. The van der Waals surface area contributed by atoms with E-state index in [0.717, 1.165) is 0 Å². The Hall–Kier alpha value is -0.780. The van der Waals surface area contributed by atoms with E-state index in [1.165, 1.54) is 0 Å². The number of amides is 1. The van der Waals surface area contributed by atoms with E-state index < -0.39 is 19.5 Å². The number of nitrogens with one attached hydrogen (secondary N) is 1. The standard InChI is InChI=1S/C4H6F3NO2/c5-4(6,7)1-10-3-8-2-9/h2H,1,3H2,(H,8,9). The lowest BCUT2D eigenvalue weighted by atomic mass is 10.7. The third kappa shape index (κ3) is 7.22. The first kappa shape index (κ1) is 9.22. The highest BCUT2D eigenvalue weighted by Gasteiger charge is 2.27. The Balaban J connectivity index is 3.12. The summed E-state index contributed by atoms with van der Waals surface area (Å²) in [5.74, 6) is 0. The van der Waals surface area contributed by atoms with Crippen LogP contribution in [0, 0.1) is 0 Å². The summed E-state index contributed by atoms with van der Waals surface area (Å²) in [4.78, 5) is 9.46. The van der Waals surface area contributed by atoms with Crippen LogP contribution in [0.3, 0.4) is 0 Å². The van der Waals surface area contributed by atoms with Crippen molar-refractivity contribution in [1.82, 2.24) is 5.32 Å². The van der Waals surface area contributed by atoms with E-state index in [0.29, 0.717) is 0 Å². The van der Waals surface area contributed by atoms with Gasteiger partial charge in [-0.1, -0.05) is 0 Å². The Labute approximate surface area is 55.2 Å². The van der Waals surface area contributed by atoms with Gasteiger partial charge in [-0.05, 0) is 0 Å². The van der Waals surface area contributed by atoms with Crippen molar-refractivity contribution in [2.75, 3.05) is 13.3 Å². The summed E-state index contributed by atoms with van der Waals surface area (Å²) in [6, 6.07) is 0. The van der Waals surface area contributed by atoms with Crippen molar-refractivity contribution in [3.8, 4) is 0 Å². The second-order valence-corrected chi connectivity index (χ2v) is 1.43. The van der Waals surface area contributed by atoms with Gasteiger partial charge in [0.15, 0.2) is 0 Å². The van der Waals surface area contributed by atoms with Gasteiger partial charge >= 0.3 is 6.18 Å². The van der Waals surface area contributed by atoms with Crippen molar-refractivity contribution in [3.63, 3.8) is 0 Å². The molecule has 3 nitrogen and oxygen atoms in total. The van der Waals surface area contributed by atoms with Gasteiger partial charge in [0.1, 0.15) is 13.3 Å². The summed E-state index contributed by atoms with van der Waals surface area (Å²) in [7, 11) is 0. The molecule has 0 saturated carbocycles. The molecule has 0 aliphatic carbocycles. The zero-order valence-electron chi connectivity index (χ0n) is 4.94. The molecule has 0 aromatic carbocycles. The number of rotatable bonds is 4. The first-order valence-electron chi connectivity index (χ1n) is 2.38. The molecule has 0 aromatic rings. The van der Waals surface area contributed by atoms with Crippen molar-refractivity contribution >= 4 is 6.41 Å². The highest BCUT2D eigenvalue weighted by molar-refractivity contribution is 5.45. The van der Waals surface area contributed by atoms with Gasteiger partial charge in [-0.25, -0.2) is 0 Å². The number of hydrogen-bond acceptors (Lipinski definition) is 2. The molecule has 0 aliphatic rings. The van der Waals surface area contributed by atoms with Crippen LogP contribution >= 0.6 is 0 Å². The van der Waals surface area contributed by atoms with E-state index in [4.69, 9.17) is 0 Å². The molecular formula is C4H6F3NO2. The molecule has 1 amide bonds. The first-order valence-corrected chi connectivity index (χ1v) is 2.38. The summed E-state index contributed by atoms with van der Waals surface area (Å²) < 4.78 is 37.7. The van der Waals surface area contributed by atoms with E-state index in [9.17, 15) is 18.0 Å². The van der Waals surface area contributed by atoms with E-state index in [1.807, 2.05) is 5.32 Å². The summed E-state index contributed by atoms with van der Waals surface area (Å²) in [6.07, 6.45) is -4.07. The van der Waals surface area contributed by atoms with Gasteiger partial charge in [-0.3, -0.25) is 4.79 Å². The number of ether oxygens (including phenoxy) is 1. The van der Waals surface area contributed by atoms with Crippen LogP contribution in [-0.2, 0) is 9.53 Å². The summed E-state index contributed by atoms with van der Waals surface area (Å²) in [5, 5.41) is 1.92. The largest absolute Gasteiger partial charge is 0.411 e. The van der Waals surface area contributed by atoms with Gasteiger partial charge in [-0.2, -0.15) is 13.2 Å². The Kier molecular flexibility index (Phi) is 3.78. The second-order valence-electron chi connectivity index (χ2n) is 1.43. The van der Waals surface area contributed by atoms with Gasteiger partial charge in [0.2, 0.25) is 6.41 Å². The fourth-order valence-electron chi connectivity index (χ4n) is 0.260. The van der Waals surface area contributed by atoms with Crippen LogP contribution in [0.15, 0.2) is 0 Å². The van der Waals surface area contributed by atoms with Crippen LogP contribution in [0.25, 0.3) is 0 Å². The maximum Gasteiger partial charge on any atom is 0.411 e. The van der Waals surface area contributed by atoms with Crippen molar-refractivity contribution in [2.45, 2.75) is 6.18 Å². The van der Waals surface area contributed by atoms with Crippen molar-refractivity contribution in [3.05, 3.63) is 0 Å². The predicted molar refractivity (Wildman–Crippen MR) is 26.1 cm³/mol. The SMILES string of the molecule is O=CNCOCC(F)(F)F. The fourth-order valence-corrected chi connectivity index (χ4v) is 0.260. The normalized spacial score (nSPS) is 11.1. The molecule has 60 valence electrons. The number of halogens is 3. The van der Waals surface area contributed by atoms with Crippen LogP contribution in [0.4, 0.5) is 13.2 Å². The molecule has 1 N–H and O–H groups in total. The minimum Gasteiger partial charge on any atom is -0.352 e. The number of alkyl halides is 3. The molecule has 0 spiro atoms. The van der Waals surface area contributed by atoms with Crippen LogP contribution in [0.2, 0.25) is 0 Å². The molecule has 0 saturated heterocycles. The zero-order valence-corrected chi connectivity index (χ0v) is 4.94. The number of hydrogen-bond donors (Lipinski definition) is 1. The second kappa shape index (κ2) is 4.10. The maximum atomic E-state index is 11.2. The van der Waals surface area contributed by atoms with E-state index in [2.05, 4.69) is 4.74 Å². The molecule has 10 heavy (non-hydrogen) atoms. The Morgan fingerprint density at radius 3 is 2.50 bits per heavy atom. The van der Waals surface area contributed by atoms with Gasteiger partial charge in [0.05, 0.1) is 0 Å². The van der Waals surface area contributed by atoms with E-state index in [1.54, 1.807) is 0 Å². The van der Waals surface area contributed by atoms with Crippen LogP contribution in [-0.4, -0.2) is 25.9 Å². The smallest absolute Gasteiger partial charge is 0.352 e. The molecule has 0 heterocycles. The lowest BCUT2D eigenvalue weighted by Crippen LogP contribution is -2.23. The third-order valence-electron chi connectivity index (χ3n) is 0.534. The molecule has 0 aliphatic heterocycles. The van der Waals surface area contributed by atoms with Gasteiger partial charge in [-0.15, -0.1) is 0 Å². The number of carbonyl (C=O) groups is 1. The summed E-state index contributed by atoms with van der Waals surface area (Å²) in [5.41, 5.74) is 0. The average molecular weight is 157 g/mol. The van der Waals surface area contributed by atoms with Crippen LogP contribution in [0.1, 0.15) is 0 Å². The van der Waals surface area contributed by atoms with E-state index >= 15 is 0 Å². The fraction of sp³-hybridized carbons (Fsp3) is 0.750. The summed E-state index contributed by atoms with van der Waals surface area (Å²) >= 11 is 0. The monoisotopic (exact) mass is 157 g/mol. The Morgan fingerprint density at radius 2 is 2.10 bits per heavy atom. The van der Waals surface area contributed by atoms with Crippen molar-refractivity contribution in [1.29, 1.82) is 0 Å². The van der Waals surface area contributed by atoms with Crippen LogP contribution < -0.4 is 5.32 Å². The molecule has 0 unspecified atom stereocenters. The molecule has 0 bridgehead atoms. The Morgan fingerprint density at radius 1 is 1.50 bits per heavy atom.